The lowest BCUT2D eigenvalue weighted by atomic mass is 9.96. The molecule has 0 bridgehead atoms. The first-order valence-electron chi connectivity index (χ1n) is 5.99. The van der Waals surface area contributed by atoms with Gasteiger partial charge in [0.15, 0.2) is 0 Å². The fraction of sp³-hybridized carbons (Fsp3) is 0.667. The molecule has 1 aliphatic heterocycles. The average molecular weight is 237 g/mol. The van der Waals surface area contributed by atoms with Crippen LogP contribution in [0.3, 0.4) is 0 Å². The first kappa shape index (κ1) is 12.3. The number of aryl methyl sites for hydroxylation is 2. The van der Waals surface area contributed by atoms with Crippen molar-refractivity contribution >= 4 is 5.78 Å². The van der Waals surface area contributed by atoms with Crippen molar-refractivity contribution in [2.75, 3.05) is 13.2 Å². The Hall–Kier alpha value is -1.20. The molecule has 2 atom stereocenters. The van der Waals surface area contributed by atoms with Crippen LogP contribution in [0.5, 0.6) is 0 Å². The van der Waals surface area contributed by atoms with E-state index in [-0.39, 0.29) is 17.7 Å². The number of rotatable bonds is 4. The number of ether oxygens (including phenoxy) is 1. The second kappa shape index (κ2) is 4.98. The number of nitrogens with zero attached hydrogens (tertiary/aromatic N) is 2. The molecule has 1 aromatic rings. The SMILES string of the molecule is CCc1cc(CC(=O)C2COCC2N)n(C)n1. The number of nitrogens with two attached hydrogens (primary N) is 1. The van der Waals surface area contributed by atoms with E-state index in [0.29, 0.717) is 19.6 Å². The molecule has 1 aliphatic rings. The lowest BCUT2D eigenvalue weighted by Gasteiger charge is -2.11. The third-order valence-corrected chi connectivity index (χ3v) is 3.28. The van der Waals surface area contributed by atoms with Gasteiger partial charge in [-0.2, -0.15) is 5.10 Å². The lowest BCUT2D eigenvalue weighted by Crippen LogP contribution is -2.35. The fourth-order valence-corrected chi connectivity index (χ4v) is 2.12. The molecule has 2 heterocycles. The second-order valence-electron chi connectivity index (χ2n) is 4.56. The van der Waals surface area contributed by atoms with E-state index in [4.69, 9.17) is 10.5 Å². The Labute approximate surface area is 101 Å². The number of ketones is 1. The summed E-state index contributed by atoms with van der Waals surface area (Å²) in [4.78, 5) is 12.1. The predicted molar refractivity (Wildman–Crippen MR) is 63.6 cm³/mol. The minimum atomic E-state index is -0.157. The van der Waals surface area contributed by atoms with Crippen molar-refractivity contribution in [3.8, 4) is 0 Å². The van der Waals surface area contributed by atoms with Gasteiger partial charge in [0.25, 0.3) is 0 Å². The zero-order chi connectivity index (χ0) is 12.4. The molecule has 2 rings (SSSR count). The Morgan fingerprint density at radius 1 is 1.65 bits per heavy atom. The van der Waals surface area contributed by atoms with E-state index in [9.17, 15) is 4.79 Å². The van der Waals surface area contributed by atoms with Gasteiger partial charge in [0, 0.05) is 25.2 Å². The van der Waals surface area contributed by atoms with Gasteiger partial charge in [-0.3, -0.25) is 9.48 Å². The summed E-state index contributed by atoms with van der Waals surface area (Å²) in [6.07, 6.45) is 1.28. The summed E-state index contributed by atoms with van der Waals surface area (Å²) in [5.41, 5.74) is 7.80. The highest BCUT2D eigenvalue weighted by atomic mass is 16.5. The van der Waals surface area contributed by atoms with Crippen LogP contribution in [0.1, 0.15) is 18.3 Å². The number of carbonyl (C=O) groups is 1. The monoisotopic (exact) mass is 237 g/mol. The van der Waals surface area contributed by atoms with E-state index in [0.717, 1.165) is 17.8 Å². The minimum Gasteiger partial charge on any atom is -0.379 e. The summed E-state index contributed by atoms with van der Waals surface area (Å²) in [6, 6.07) is 1.83. The molecule has 0 amide bonds. The molecule has 2 unspecified atom stereocenters. The zero-order valence-electron chi connectivity index (χ0n) is 10.3. The first-order chi connectivity index (χ1) is 8.11. The van der Waals surface area contributed by atoms with Gasteiger partial charge in [0.05, 0.1) is 24.8 Å². The standard InChI is InChI=1S/C12H19N3O2/c1-3-8-4-9(15(2)14-8)5-12(16)10-6-17-7-11(10)13/h4,10-11H,3,5-7,13H2,1-2H3. The van der Waals surface area contributed by atoms with E-state index in [1.165, 1.54) is 0 Å². The molecule has 5 heteroatoms. The van der Waals surface area contributed by atoms with Gasteiger partial charge in [-0.1, -0.05) is 6.92 Å². The predicted octanol–water partition coefficient (Wildman–Crippen LogP) is 0.0678. The van der Waals surface area contributed by atoms with E-state index in [1.807, 2.05) is 13.1 Å². The van der Waals surface area contributed by atoms with E-state index < -0.39 is 0 Å². The van der Waals surface area contributed by atoms with Crippen LogP contribution in [0.2, 0.25) is 0 Å². The maximum atomic E-state index is 12.1. The van der Waals surface area contributed by atoms with Gasteiger partial charge in [0.2, 0.25) is 0 Å². The van der Waals surface area contributed by atoms with Crippen molar-refractivity contribution in [3.05, 3.63) is 17.5 Å². The summed E-state index contributed by atoms with van der Waals surface area (Å²) >= 11 is 0. The van der Waals surface area contributed by atoms with Gasteiger partial charge in [-0.05, 0) is 12.5 Å². The number of hydrogen-bond donors (Lipinski definition) is 1. The molecule has 0 radical (unpaired) electrons. The van der Waals surface area contributed by atoms with Crippen molar-refractivity contribution in [1.29, 1.82) is 0 Å². The highest BCUT2D eigenvalue weighted by Crippen LogP contribution is 2.16. The van der Waals surface area contributed by atoms with Crippen LogP contribution in [0, 0.1) is 5.92 Å². The summed E-state index contributed by atoms with van der Waals surface area (Å²) in [5.74, 6) is -0.00405. The van der Waals surface area contributed by atoms with Crippen molar-refractivity contribution in [2.45, 2.75) is 25.8 Å². The van der Waals surface area contributed by atoms with Gasteiger partial charge in [-0.25, -0.2) is 0 Å². The number of Topliss-reactive ketones (excluding diaryl/α,β-unsaturated/α-hetero) is 1. The molecule has 0 aromatic carbocycles. The Morgan fingerprint density at radius 3 is 2.94 bits per heavy atom. The van der Waals surface area contributed by atoms with Gasteiger partial charge in [-0.15, -0.1) is 0 Å². The van der Waals surface area contributed by atoms with Crippen molar-refractivity contribution in [2.24, 2.45) is 18.7 Å². The lowest BCUT2D eigenvalue weighted by molar-refractivity contribution is -0.122. The molecule has 1 saturated heterocycles. The first-order valence-corrected chi connectivity index (χ1v) is 5.99. The Morgan fingerprint density at radius 2 is 2.41 bits per heavy atom. The Bertz CT molecular complexity index is 414. The third kappa shape index (κ3) is 2.56. The fourth-order valence-electron chi connectivity index (χ4n) is 2.12. The average Bonchev–Trinajstić information content (AvgIpc) is 2.86. The van der Waals surface area contributed by atoms with Crippen molar-refractivity contribution < 1.29 is 9.53 Å². The molecule has 1 fully saturated rings. The zero-order valence-corrected chi connectivity index (χ0v) is 10.3. The third-order valence-electron chi connectivity index (χ3n) is 3.28. The number of aromatic nitrogens is 2. The maximum absolute atomic E-state index is 12.1. The van der Waals surface area contributed by atoms with Crippen molar-refractivity contribution in [3.63, 3.8) is 0 Å². The highest BCUT2D eigenvalue weighted by molar-refractivity contribution is 5.84. The van der Waals surface area contributed by atoms with Crippen LogP contribution in [0.4, 0.5) is 0 Å². The Kier molecular flexibility index (Phi) is 3.59. The van der Waals surface area contributed by atoms with E-state index in [2.05, 4.69) is 12.0 Å². The Balaban J connectivity index is 2.04. The smallest absolute Gasteiger partial charge is 0.145 e. The van der Waals surface area contributed by atoms with Crippen LogP contribution >= 0.6 is 0 Å². The maximum Gasteiger partial charge on any atom is 0.145 e. The highest BCUT2D eigenvalue weighted by Gasteiger charge is 2.31. The largest absolute Gasteiger partial charge is 0.379 e. The van der Waals surface area contributed by atoms with E-state index in [1.54, 1.807) is 4.68 Å². The molecule has 94 valence electrons. The van der Waals surface area contributed by atoms with Gasteiger partial charge in [0.1, 0.15) is 5.78 Å². The molecule has 2 N–H and O–H groups in total. The van der Waals surface area contributed by atoms with Crippen LogP contribution in [0.15, 0.2) is 6.07 Å². The van der Waals surface area contributed by atoms with Crippen LogP contribution in [-0.2, 0) is 29.4 Å². The molecular formula is C12H19N3O2. The summed E-state index contributed by atoms with van der Waals surface area (Å²) in [5, 5.41) is 4.33. The number of carbonyl (C=O) groups excluding carboxylic acids is 1. The van der Waals surface area contributed by atoms with Crippen LogP contribution < -0.4 is 5.73 Å². The van der Waals surface area contributed by atoms with Crippen molar-refractivity contribution in [1.82, 2.24) is 9.78 Å². The topological polar surface area (TPSA) is 70.1 Å². The van der Waals surface area contributed by atoms with Gasteiger partial charge < -0.3 is 10.5 Å². The molecular weight excluding hydrogens is 218 g/mol. The molecule has 0 aliphatic carbocycles. The minimum absolute atomic E-state index is 0.152. The summed E-state index contributed by atoms with van der Waals surface area (Å²) in [6.45, 7) is 3.00. The summed E-state index contributed by atoms with van der Waals surface area (Å²) in [7, 11) is 1.87. The summed E-state index contributed by atoms with van der Waals surface area (Å²) < 4.78 is 6.99. The second-order valence-corrected chi connectivity index (χ2v) is 4.56. The quantitative estimate of drug-likeness (QED) is 0.804. The molecule has 0 saturated carbocycles. The normalized spacial score (nSPS) is 24.2. The van der Waals surface area contributed by atoms with Crippen LogP contribution in [-0.4, -0.2) is 34.8 Å². The molecule has 17 heavy (non-hydrogen) atoms. The van der Waals surface area contributed by atoms with Crippen LogP contribution in [0.25, 0.3) is 0 Å². The van der Waals surface area contributed by atoms with E-state index >= 15 is 0 Å². The molecule has 1 aromatic heterocycles. The molecule has 5 nitrogen and oxygen atoms in total. The molecule has 0 spiro atoms. The number of hydrogen-bond acceptors (Lipinski definition) is 4. The van der Waals surface area contributed by atoms with Gasteiger partial charge >= 0.3 is 0 Å².